The maximum absolute atomic E-state index is 7.62. The third-order valence-electron chi connectivity index (χ3n) is 21.2. The molecule has 6 heteroatoms. The van der Waals surface area contributed by atoms with Gasteiger partial charge in [0.05, 0.1) is 27.6 Å². The topological polar surface area (TPSA) is 61.4 Å². The third kappa shape index (κ3) is 8.13. The van der Waals surface area contributed by atoms with E-state index in [0.29, 0.717) is 17.8 Å². The summed E-state index contributed by atoms with van der Waals surface area (Å²) in [7, 11) is 0. The number of nitrogens with zero attached hydrogens (tertiary/aromatic N) is 4. The third-order valence-corrected chi connectivity index (χ3v) is 21.2. The van der Waals surface area contributed by atoms with Crippen LogP contribution in [0, 0.1) is 23.7 Å². The highest BCUT2D eigenvalue weighted by Gasteiger charge is 2.40. The lowest BCUT2D eigenvalue weighted by molar-refractivity contribution is 0.316. The molecule has 6 aromatic carbocycles. The fourth-order valence-corrected chi connectivity index (χ4v) is 16.3. The van der Waals surface area contributed by atoms with Crippen molar-refractivity contribution < 1.29 is 8.83 Å². The van der Waals surface area contributed by atoms with Gasteiger partial charge in [-0.2, -0.15) is 0 Å². The summed E-state index contributed by atoms with van der Waals surface area (Å²) in [5, 5.41) is 7.05. The van der Waals surface area contributed by atoms with Crippen molar-refractivity contribution in [1.82, 2.24) is 14.1 Å². The van der Waals surface area contributed by atoms with E-state index in [1.807, 2.05) is 6.20 Å². The van der Waals surface area contributed by atoms with E-state index in [9.17, 15) is 0 Å². The summed E-state index contributed by atoms with van der Waals surface area (Å²) >= 11 is 0. The molecule has 5 aliphatic carbocycles. The highest BCUT2D eigenvalue weighted by atomic mass is 16.3. The molecule has 0 amide bonds. The molecule has 0 spiro atoms. The monoisotopic (exact) mass is 1140 g/mol. The summed E-state index contributed by atoms with van der Waals surface area (Å²) in [6, 6.07) is 51.7. The summed E-state index contributed by atoms with van der Waals surface area (Å²) in [6.07, 6.45) is 33.9. The van der Waals surface area contributed by atoms with Crippen LogP contribution in [-0.2, 0) is 11.8 Å². The summed E-state index contributed by atoms with van der Waals surface area (Å²) in [5.74, 6) is 4.93. The quantitative estimate of drug-likeness (QED) is 0.142. The second-order valence-corrected chi connectivity index (χ2v) is 26.7. The van der Waals surface area contributed by atoms with Crippen molar-refractivity contribution in [2.75, 3.05) is 0 Å². The second kappa shape index (κ2) is 20.4. The molecule has 0 radical (unpaired) electrons. The van der Waals surface area contributed by atoms with Gasteiger partial charge in [0, 0.05) is 90.4 Å². The smallest absolute Gasteiger partial charge is 0.144 e. The van der Waals surface area contributed by atoms with Crippen LogP contribution in [0.25, 0.3) is 111 Å². The molecule has 8 atom stereocenters. The zero-order valence-corrected chi connectivity index (χ0v) is 51.1. The molecule has 88 heavy (non-hydrogen) atoms. The van der Waals surface area contributed by atoms with Crippen molar-refractivity contribution in [3.8, 4) is 44.9 Å². The Balaban J connectivity index is 0.858. The molecule has 1 aliphatic heterocycles. The fourth-order valence-electron chi connectivity index (χ4n) is 16.3. The van der Waals surface area contributed by atoms with Gasteiger partial charge in [-0.1, -0.05) is 187 Å². The number of furan rings is 2. The van der Waals surface area contributed by atoms with Crippen LogP contribution < -0.4 is 0 Å². The molecule has 0 saturated carbocycles. The van der Waals surface area contributed by atoms with Crippen LogP contribution in [0.5, 0.6) is 0 Å². The van der Waals surface area contributed by atoms with E-state index in [1.165, 1.54) is 66.3 Å². The zero-order valence-electron chi connectivity index (χ0n) is 51.1. The van der Waals surface area contributed by atoms with Gasteiger partial charge in [0.25, 0.3) is 0 Å². The molecular formula is C82H72N4O2. The Morgan fingerprint density at radius 2 is 1.40 bits per heavy atom. The number of allylic oxidation sites excluding steroid dienone is 13. The first kappa shape index (κ1) is 53.0. The van der Waals surface area contributed by atoms with Crippen molar-refractivity contribution >= 4 is 71.9 Å². The van der Waals surface area contributed by atoms with Gasteiger partial charge in [-0.15, -0.1) is 0 Å². The number of dihydropyridines is 1. The molecule has 17 rings (SSSR count). The molecule has 0 N–H and O–H groups in total. The SMILES string of the molecule is CC1CC=CC2=C1C=NC(n1c3c(c4ccccc41)-c1oc(-c4ccccc4)c(-c4cccc(-c5ccc6c(c5)c5c7oc(C8C=CCC(C)C8C)c(C8=CCCC=C8)c7ccc5n6C5=CC(C)(c6cc7ccccc7cn6)CC=C5)c4)c1C(C)C3)C2C. The number of hydrogen-bond acceptors (Lipinski definition) is 4. The Kier molecular flexibility index (Phi) is 12.3. The van der Waals surface area contributed by atoms with E-state index in [1.54, 1.807) is 0 Å². The number of aliphatic imine (C=N–C) groups is 1. The standard InChI is InChI=1S/C82H72N4O2/c1-48-21-17-34-62(51(48)4)78-73(53-23-9-7-10-24-53)64-37-39-69-76(79(64)88-78)65-43-57(36-38-68(65)85(69)60-31-20-40-82(6,45-60)71-44-56-27-13-14-28-59(56)46-83-71)55-29-19-30-58(42-55)74-72-50(3)41-70-75(80(72)87-77(74)54-25-11-8-12-26-54)63-32-15-16-35-67(63)86(70)81-52(5)61-33-18-22-49(2)66(61)47-84-81/h8-9,11-20,23-39,42-52,62,81H,7,10,21-22,40-41H2,1-6H3. The summed E-state index contributed by atoms with van der Waals surface area (Å²) in [6.45, 7) is 14.3. The van der Waals surface area contributed by atoms with Gasteiger partial charge in [0.2, 0.25) is 0 Å². The van der Waals surface area contributed by atoms with Crippen LogP contribution in [0.4, 0.5) is 0 Å². The van der Waals surface area contributed by atoms with E-state index >= 15 is 0 Å². The van der Waals surface area contributed by atoms with E-state index in [-0.39, 0.29) is 29.3 Å². The molecule has 6 heterocycles. The Hall–Kier alpha value is -9.26. The first-order valence-electron chi connectivity index (χ1n) is 32.3. The van der Waals surface area contributed by atoms with Crippen LogP contribution in [0.3, 0.4) is 0 Å². The van der Waals surface area contributed by atoms with Crippen LogP contribution in [0.15, 0.2) is 231 Å². The lowest BCUT2D eigenvalue weighted by atomic mass is 9.75. The van der Waals surface area contributed by atoms with Crippen molar-refractivity contribution in [3.05, 3.63) is 246 Å². The van der Waals surface area contributed by atoms with Crippen molar-refractivity contribution in [2.24, 2.45) is 28.7 Å². The van der Waals surface area contributed by atoms with E-state index in [4.69, 9.17) is 18.8 Å². The van der Waals surface area contributed by atoms with Gasteiger partial charge in [-0.05, 0) is 156 Å². The lowest BCUT2D eigenvalue weighted by Crippen LogP contribution is -2.26. The number of rotatable bonds is 8. The minimum absolute atomic E-state index is 0.0631. The number of hydrogen-bond donors (Lipinski definition) is 0. The molecule has 0 fully saturated rings. The molecule has 5 aromatic heterocycles. The summed E-state index contributed by atoms with van der Waals surface area (Å²) < 4.78 is 20.2. The first-order chi connectivity index (χ1) is 43.1. The number of benzene rings is 6. The normalized spacial score (nSPS) is 24.0. The van der Waals surface area contributed by atoms with Gasteiger partial charge in [-0.3, -0.25) is 9.98 Å². The molecule has 8 unspecified atom stereocenters. The number of pyridine rings is 1. The fraction of sp³-hybridized carbons (Fsp3) is 0.244. The maximum Gasteiger partial charge on any atom is 0.144 e. The maximum atomic E-state index is 7.62. The highest BCUT2D eigenvalue weighted by Crippen LogP contribution is 2.56. The summed E-state index contributed by atoms with van der Waals surface area (Å²) in [5.41, 5.74) is 21.0. The van der Waals surface area contributed by atoms with Gasteiger partial charge >= 0.3 is 0 Å². The zero-order chi connectivity index (χ0) is 59.1. The van der Waals surface area contributed by atoms with Gasteiger partial charge in [0.1, 0.15) is 29.0 Å². The van der Waals surface area contributed by atoms with Gasteiger partial charge in [-0.25, -0.2) is 0 Å². The first-order valence-corrected chi connectivity index (χ1v) is 32.3. The average Bonchev–Trinajstić information content (AvgIpc) is 1.74. The molecule has 6 nitrogen and oxygen atoms in total. The van der Waals surface area contributed by atoms with E-state index in [0.717, 1.165) is 122 Å². The van der Waals surface area contributed by atoms with Crippen molar-refractivity contribution in [2.45, 2.75) is 103 Å². The second-order valence-electron chi connectivity index (χ2n) is 26.7. The van der Waals surface area contributed by atoms with Crippen LogP contribution in [0.1, 0.15) is 120 Å². The van der Waals surface area contributed by atoms with Gasteiger partial charge < -0.3 is 18.0 Å². The molecule has 432 valence electrons. The van der Waals surface area contributed by atoms with Crippen LogP contribution in [-0.4, -0.2) is 20.3 Å². The molecule has 6 aliphatic rings. The minimum atomic E-state index is -0.343. The molecule has 0 saturated heterocycles. The minimum Gasteiger partial charge on any atom is -0.459 e. The van der Waals surface area contributed by atoms with Crippen LogP contribution >= 0.6 is 0 Å². The Labute approximate surface area is 515 Å². The Morgan fingerprint density at radius 3 is 2.27 bits per heavy atom. The molecular weight excluding hydrogens is 1070 g/mol. The highest BCUT2D eigenvalue weighted by molar-refractivity contribution is 6.22. The number of fused-ring (bicyclic) bond motifs is 11. The van der Waals surface area contributed by atoms with Crippen molar-refractivity contribution in [1.29, 1.82) is 0 Å². The largest absolute Gasteiger partial charge is 0.459 e. The number of para-hydroxylation sites is 1. The molecule has 11 aromatic rings. The van der Waals surface area contributed by atoms with Crippen molar-refractivity contribution in [3.63, 3.8) is 0 Å². The Bertz CT molecular complexity index is 4990. The van der Waals surface area contributed by atoms with Crippen LogP contribution in [0.2, 0.25) is 0 Å². The van der Waals surface area contributed by atoms with E-state index in [2.05, 4.69) is 257 Å². The summed E-state index contributed by atoms with van der Waals surface area (Å²) in [4.78, 5) is 10.6. The number of aromatic nitrogens is 3. The predicted molar refractivity (Wildman–Crippen MR) is 366 cm³/mol. The lowest BCUT2D eigenvalue weighted by Gasteiger charge is -2.34. The van der Waals surface area contributed by atoms with Gasteiger partial charge in [0.15, 0.2) is 0 Å². The molecule has 0 bridgehead atoms. The Morgan fingerprint density at radius 1 is 0.591 bits per heavy atom. The predicted octanol–water partition coefficient (Wildman–Crippen LogP) is 21.9. The average molecular weight is 1150 g/mol. The van der Waals surface area contributed by atoms with E-state index < -0.39 is 0 Å².